The molecule has 1 amide bonds. The lowest BCUT2D eigenvalue weighted by atomic mass is 9.85. The molecule has 1 N–H and O–H groups in total. The number of nitrogens with one attached hydrogen (secondary N) is 1. The van der Waals surface area contributed by atoms with Crippen molar-refractivity contribution in [3.05, 3.63) is 89.1 Å². The zero-order valence-corrected chi connectivity index (χ0v) is 22.0. The summed E-state index contributed by atoms with van der Waals surface area (Å²) in [6.45, 7) is 4.77. The van der Waals surface area contributed by atoms with Crippen LogP contribution in [0, 0.1) is 11.3 Å². The lowest BCUT2D eigenvalue weighted by Gasteiger charge is -2.30. The van der Waals surface area contributed by atoms with E-state index in [-0.39, 0.29) is 24.5 Å². The van der Waals surface area contributed by atoms with Gasteiger partial charge in [0.05, 0.1) is 11.6 Å². The maximum atomic E-state index is 13.3. The minimum atomic E-state index is -1.18. The first-order valence-electron chi connectivity index (χ1n) is 12.0. The number of alkyl halides is 2. The Kier molecular flexibility index (Phi) is 9.87. The summed E-state index contributed by atoms with van der Waals surface area (Å²) in [5, 5.41) is 12.5. The minimum absolute atomic E-state index is 0.0101. The Labute approximate surface area is 222 Å². The van der Waals surface area contributed by atoms with Crippen LogP contribution in [0.25, 0.3) is 0 Å². The molecule has 194 valence electrons. The van der Waals surface area contributed by atoms with E-state index in [1.54, 1.807) is 50.4 Å². The molecule has 0 aliphatic rings. The smallest absolute Gasteiger partial charge is 0.263 e. The van der Waals surface area contributed by atoms with Crippen LogP contribution in [0.2, 0.25) is 0 Å². The Hall–Kier alpha value is -3.63. The maximum absolute atomic E-state index is 13.3. The standard InChI is InChI=1S/C29H31ClFN3O3/c1-20(34-28(35)29(2,3)37-27-12-9-23(17-30)19-33-27)26(24-6-4-5-22(15-24)18-32)16-21-7-10-25(11-8-21)36-14-13-31/h4-12,15,19-20,26H,13-14,16-17H2,1-3H3,(H,34,35)/t20-,26+/m0/s1/i31-1. The number of benzene rings is 2. The summed E-state index contributed by atoms with van der Waals surface area (Å²) >= 11 is 5.82. The predicted molar refractivity (Wildman–Crippen MR) is 142 cm³/mol. The number of hydrogen-bond donors (Lipinski definition) is 1. The minimum Gasteiger partial charge on any atom is -0.491 e. The molecule has 0 saturated carbocycles. The lowest BCUT2D eigenvalue weighted by molar-refractivity contribution is -0.135. The second-order valence-electron chi connectivity index (χ2n) is 9.24. The molecule has 0 radical (unpaired) electrons. The zero-order chi connectivity index (χ0) is 26.8. The van der Waals surface area contributed by atoms with E-state index >= 15 is 0 Å². The number of nitrogens with zero attached hydrogens (tertiary/aromatic N) is 2. The molecule has 1 aromatic heterocycles. The second kappa shape index (κ2) is 13.1. The lowest BCUT2D eigenvalue weighted by Crippen LogP contribution is -2.51. The Morgan fingerprint density at radius 3 is 2.51 bits per heavy atom. The molecular weight excluding hydrogens is 492 g/mol. The van der Waals surface area contributed by atoms with Gasteiger partial charge in [0.1, 0.15) is 19.0 Å². The van der Waals surface area contributed by atoms with Crippen molar-refractivity contribution < 1.29 is 18.7 Å². The third-order valence-electron chi connectivity index (χ3n) is 5.99. The molecule has 0 saturated heterocycles. The third kappa shape index (κ3) is 7.93. The van der Waals surface area contributed by atoms with Crippen LogP contribution >= 0.6 is 11.6 Å². The van der Waals surface area contributed by atoms with Crippen LogP contribution < -0.4 is 14.8 Å². The van der Waals surface area contributed by atoms with Crippen LogP contribution in [-0.2, 0) is 17.1 Å². The molecule has 0 fully saturated rings. The van der Waals surface area contributed by atoms with Gasteiger partial charge < -0.3 is 14.8 Å². The van der Waals surface area contributed by atoms with Gasteiger partial charge in [-0.2, -0.15) is 5.26 Å². The van der Waals surface area contributed by atoms with E-state index in [0.717, 1.165) is 16.7 Å². The van der Waals surface area contributed by atoms with Crippen molar-refractivity contribution in [2.75, 3.05) is 13.3 Å². The van der Waals surface area contributed by atoms with E-state index in [0.29, 0.717) is 29.5 Å². The van der Waals surface area contributed by atoms with Crippen LogP contribution in [0.4, 0.5) is 4.39 Å². The van der Waals surface area contributed by atoms with Gasteiger partial charge >= 0.3 is 0 Å². The van der Waals surface area contributed by atoms with Gasteiger partial charge in [0.15, 0.2) is 5.60 Å². The molecule has 0 aliphatic carbocycles. The number of carbonyl (C=O) groups excluding carboxylic acids is 1. The van der Waals surface area contributed by atoms with E-state index in [9.17, 15) is 14.4 Å². The number of ether oxygens (including phenoxy) is 2. The number of halogens is 2. The average molecular weight is 523 g/mol. The SMILES string of the molecule is C[C@H](NC(=O)C(C)(C)Oc1ccc(CCl)cn1)[C@@H](Cc1ccc(OCC[18F])cc1)c1cccc(C#N)c1. The van der Waals surface area contributed by atoms with Gasteiger partial charge in [0.2, 0.25) is 5.88 Å². The molecule has 37 heavy (non-hydrogen) atoms. The predicted octanol–water partition coefficient (Wildman–Crippen LogP) is 5.73. The van der Waals surface area contributed by atoms with Crippen molar-refractivity contribution in [1.29, 1.82) is 5.26 Å². The number of hydrogen-bond acceptors (Lipinski definition) is 5. The highest BCUT2D eigenvalue weighted by Crippen LogP contribution is 2.27. The van der Waals surface area contributed by atoms with E-state index in [4.69, 9.17) is 21.1 Å². The van der Waals surface area contributed by atoms with Gasteiger partial charge in [-0.3, -0.25) is 4.79 Å². The van der Waals surface area contributed by atoms with Crippen LogP contribution in [0.5, 0.6) is 11.6 Å². The normalized spacial score (nSPS) is 12.8. The molecule has 2 aromatic carbocycles. The van der Waals surface area contributed by atoms with Gasteiger partial charge in [-0.05, 0) is 68.1 Å². The molecule has 3 rings (SSSR count). The monoisotopic (exact) mass is 522 g/mol. The Morgan fingerprint density at radius 1 is 1.16 bits per heavy atom. The highest BCUT2D eigenvalue weighted by molar-refractivity contribution is 6.17. The van der Waals surface area contributed by atoms with E-state index in [2.05, 4.69) is 16.4 Å². The summed E-state index contributed by atoms with van der Waals surface area (Å²) in [6.07, 6.45) is 2.22. The molecule has 0 bridgehead atoms. The zero-order valence-electron chi connectivity index (χ0n) is 21.2. The fourth-order valence-electron chi connectivity index (χ4n) is 3.89. The number of nitriles is 1. The first-order valence-corrected chi connectivity index (χ1v) is 12.6. The Balaban J connectivity index is 1.78. The van der Waals surface area contributed by atoms with Crippen molar-refractivity contribution >= 4 is 17.5 Å². The van der Waals surface area contributed by atoms with Gasteiger partial charge in [-0.25, -0.2) is 9.37 Å². The number of rotatable bonds is 12. The van der Waals surface area contributed by atoms with Gasteiger partial charge in [-0.1, -0.05) is 30.3 Å². The van der Waals surface area contributed by atoms with Crippen molar-refractivity contribution in [2.24, 2.45) is 0 Å². The fraction of sp³-hybridized carbons (Fsp3) is 0.345. The van der Waals surface area contributed by atoms with E-state index in [1.165, 1.54) is 0 Å². The Bertz CT molecular complexity index is 1210. The molecule has 0 aliphatic heterocycles. The average Bonchev–Trinajstić information content (AvgIpc) is 2.91. The summed E-state index contributed by atoms with van der Waals surface area (Å²) in [7, 11) is 0. The number of pyridine rings is 1. The van der Waals surface area contributed by atoms with Crippen molar-refractivity contribution in [2.45, 2.75) is 50.6 Å². The molecule has 8 heteroatoms. The number of carbonyl (C=O) groups is 1. The molecule has 3 aromatic rings. The first-order chi connectivity index (χ1) is 17.7. The third-order valence-corrected chi connectivity index (χ3v) is 6.30. The maximum Gasteiger partial charge on any atom is 0.263 e. The van der Waals surface area contributed by atoms with Crippen LogP contribution in [-0.4, -0.2) is 35.8 Å². The summed E-state index contributed by atoms with van der Waals surface area (Å²) in [4.78, 5) is 17.5. The van der Waals surface area contributed by atoms with Crippen LogP contribution in [0.1, 0.15) is 48.9 Å². The highest BCUT2D eigenvalue weighted by atomic mass is 35.5. The van der Waals surface area contributed by atoms with E-state index in [1.807, 2.05) is 37.3 Å². The number of aromatic nitrogens is 1. The topological polar surface area (TPSA) is 84.2 Å². The summed E-state index contributed by atoms with van der Waals surface area (Å²) in [5.74, 6) is 0.843. The first kappa shape index (κ1) is 27.9. The van der Waals surface area contributed by atoms with Gasteiger partial charge in [0.25, 0.3) is 5.91 Å². The van der Waals surface area contributed by atoms with Crippen LogP contribution in [0.15, 0.2) is 66.9 Å². The summed E-state index contributed by atoms with van der Waals surface area (Å²) in [5.41, 5.74) is 2.17. The summed E-state index contributed by atoms with van der Waals surface area (Å²) in [6, 6.07) is 20.2. The van der Waals surface area contributed by atoms with Gasteiger partial charge in [-0.15, -0.1) is 11.6 Å². The van der Waals surface area contributed by atoms with Crippen molar-refractivity contribution in [1.82, 2.24) is 10.3 Å². The fourth-order valence-corrected chi connectivity index (χ4v) is 4.05. The molecule has 0 spiro atoms. The Morgan fingerprint density at radius 2 is 1.89 bits per heavy atom. The number of amides is 1. The quantitative estimate of drug-likeness (QED) is 0.307. The largest absolute Gasteiger partial charge is 0.491 e. The second-order valence-corrected chi connectivity index (χ2v) is 9.51. The van der Waals surface area contributed by atoms with Gasteiger partial charge in [0, 0.05) is 30.1 Å². The highest BCUT2D eigenvalue weighted by Gasteiger charge is 2.33. The van der Waals surface area contributed by atoms with Crippen molar-refractivity contribution in [3.63, 3.8) is 0 Å². The molecule has 2 atom stereocenters. The van der Waals surface area contributed by atoms with E-state index < -0.39 is 12.3 Å². The summed E-state index contributed by atoms with van der Waals surface area (Å²) < 4.78 is 23.6. The molecule has 0 unspecified atom stereocenters. The molecule has 1 heterocycles. The van der Waals surface area contributed by atoms with Crippen LogP contribution in [0.3, 0.4) is 0 Å². The molecule has 6 nitrogen and oxygen atoms in total. The van der Waals surface area contributed by atoms with Crippen molar-refractivity contribution in [3.8, 4) is 17.7 Å². The molecular formula is C29H31ClFN3O3.